The van der Waals surface area contributed by atoms with Gasteiger partial charge in [0.1, 0.15) is 0 Å². The molecule has 2 amide bonds. The van der Waals surface area contributed by atoms with Gasteiger partial charge in [-0.15, -0.1) is 0 Å². The molecule has 2 aliphatic heterocycles. The minimum Gasteiger partial charge on any atom is -0.358 e. The normalized spacial score (nSPS) is 24.6. The zero-order valence-corrected chi connectivity index (χ0v) is 19.5. The number of carbonyl (C=O) groups is 2. The highest BCUT2D eigenvalue weighted by atomic mass is 16.2. The summed E-state index contributed by atoms with van der Waals surface area (Å²) in [6.45, 7) is 9.60. The molecule has 1 N–H and O–H groups in total. The number of benzene rings is 1. The SMILES string of the molecule is CC1CC(C)CN(C(=O)CN2CCN(C(=O)c3ccc4[nH]c5c(c4c3)CCCC5)CC2)C1. The Morgan fingerprint density at radius 2 is 1.69 bits per heavy atom. The van der Waals surface area contributed by atoms with Gasteiger partial charge in [-0.3, -0.25) is 14.5 Å². The Bertz CT molecular complexity index is 995. The van der Waals surface area contributed by atoms with Crippen LogP contribution in [0.1, 0.15) is 54.7 Å². The fourth-order valence-electron chi connectivity index (χ4n) is 5.99. The number of aromatic nitrogens is 1. The molecule has 2 saturated heterocycles. The summed E-state index contributed by atoms with van der Waals surface area (Å²) >= 11 is 0. The number of amides is 2. The molecule has 1 aliphatic carbocycles. The van der Waals surface area contributed by atoms with E-state index in [9.17, 15) is 9.59 Å². The van der Waals surface area contributed by atoms with Crippen molar-refractivity contribution in [3.8, 4) is 0 Å². The van der Waals surface area contributed by atoms with Crippen molar-refractivity contribution in [2.75, 3.05) is 45.8 Å². The first-order valence-electron chi connectivity index (χ1n) is 12.4. The average Bonchev–Trinajstić information content (AvgIpc) is 3.16. The van der Waals surface area contributed by atoms with Crippen LogP contribution in [-0.2, 0) is 17.6 Å². The van der Waals surface area contributed by atoms with Crippen molar-refractivity contribution in [3.63, 3.8) is 0 Å². The molecule has 2 unspecified atom stereocenters. The predicted molar refractivity (Wildman–Crippen MR) is 127 cm³/mol. The van der Waals surface area contributed by atoms with Gasteiger partial charge in [-0.25, -0.2) is 0 Å². The summed E-state index contributed by atoms with van der Waals surface area (Å²) in [5.74, 6) is 1.52. The topological polar surface area (TPSA) is 59.7 Å². The van der Waals surface area contributed by atoms with Crippen LogP contribution in [0.3, 0.4) is 0 Å². The summed E-state index contributed by atoms with van der Waals surface area (Å²) in [7, 11) is 0. The smallest absolute Gasteiger partial charge is 0.253 e. The molecule has 2 atom stereocenters. The van der Waals surface area contributed by atoms with Crippen LogP contribution in [0, 0.1) is 11.8 Å². The number of likely N-dealkylation sites (tertiary alicyclic amines) is 1. The van der Waals surface area contributed by atoms with Crippen LogP contribution in [0.5, 0.6) is 0 Å². The monoisotopic (exact) mass is 436 g/mol. The number of rotatable bonds is 3. The van der Waals surface area contributed by atoms with E-state index < -0.39 is 0 Å². The zero-order valence-electron chi connectivity index (χ0n) is 19.5. The standard InChI is InChI=1S/C26H36N4O2/c1-18-13-19(2)16-30(15-18)25(31)17-28-9-11-29(12-10-28)26(32)20-7-8-24-22(14-20)21-5-3-4-6-23(21)27-24/h7-8,14,18-19,27H,3-6,9-13,15-17H2,1-2H3. The second-order valence-electron chi connectivity index (χ2n) is 10.4. The molecule has 3 aliphatic rings. The number of carbonyl (C=O) groups excluding carboxylic acids is 2. The third-order valence-electron chi connectivity index (χ3n) is 7.58. The van der Waals surface area contributed by atoms with E-state index in [-0.39, 0.29) is 11.8 Å². The van der Waals surface area contributed by atoms with Crippen molar-refractivity contribution in [1.29, 1.82) is 0 Å². The van der Waals surface area contributed by atoms with E-state index in [4.69, 9.17) is 0 Å². The maximum Gasteiger partial charge on any atom is 0.253 e. The number of hydrogen-bond donors (Lipinski definition) is 1. The first-order valence-corrected chi connectivity index (χ1v) is 12.4. The van der Waals surface area contributed by atoms with Gasteiger partial charge < -0.3 is 14.8 Å². The quantitative estimate of drug-likeness (QED) is 0.803. The molecule has 172 valence electrons. The summed E-state index contributed by atoms with van der Waals surface area (Å²) in [5, 5.41) is 1.22. The Hall–Kier alpha value is -2.34. The number of H-pyrrole nitrogens is 1. The van der Waals surface area contributed by atoms with E-state index in [0.29, 0.717) is 31.5 Å². The van der Waals surface area contributed by atoms with Crippen molar-refractivity contribution >= 4 is 22.7 Å². The highest BCUT2D eigenvalue weighted by Crippen LogP contribution is 2.30. The predicted octanol–water partition coefficient (Wildman–Crippen LogP) is 3.31. The molecular weight excluding hydrogens is 400 g/mol. The number of piperidine rings is 1. The van der Waals surface area contributed by atoms with Gasteiger partial charge in [-0.1, -0.05) is 13.8 Å². The molecule has 0 spiro atoms. The fourth-order valence-corrected chi connectivity index (χ4v) is 5.99. The van der Waals surface area contributed by atoms with Gasteiger partial charge in [0.2, 0.25) is 5.91 Å². The van der Waals surface area contributed by atoms with E-state index in [0.717, 1.165) is 50.1 Å². The summed E-state index contributed by atoms with van der Waals surface area (Å²) < 4.78 is 0. The molecule has 32 heavy (non-hydrogen) atoms. The molecular formula is C26H36N4O2. The van der Waals surface area contributed by atoms with Gasteiger partial charge in [-0.2, -0.15) is 0 Å². The molecule has 1 aromatic heterocycles. The maximum absolute atomic E-state index is 13.2. The lowest BCUT2D eigenvalue weighted by Crippen LogP contribution is -2.53. The van der Waals surface area contributed by atoms with Crippen molar-refractivity contribution < 1.29 is 9.59 Å². The van der Waals surface area contributed by atoms with Crippen LogP contribution in [-0.4, -0.2) is 77.3 Å². The fraction of sp³-hybridized carbons (Fsp3) is 0.615. The van der Waals surface area contributed by atoms with E-state index in [1.54, 1.807) is 0 Å². The number of hydrogen-bond acceptors (Lipinski definition) is 3. The summed E-state index contributed by atoms with van der Waals surface area (Å²) in [5.41, 5.74) is 4.70. The number of nitrogens with zero attached hydrogens (tertiary/aromatic N) is 3. The van der Waals surface area contributed by atoms with Gasteiger partial charge in [0.15, 0.2) is 0 Å². The van der Waals surface area contributed by atoms with Gasteiger partial charge in [0.05, 0.1) is 6.54 Å². The molecule has 0 saturated carbocycles. The lowest BCUT2D eigenvalue weighted by Gasteiger charge is -2.38. The Morgan fingerprint density at radius 3 is 2.44 bits per heavy atom. The van der Waals surface area contributed by atoms with Crippen molar-refractivity contribution in [2.45, 2.75) is 46.0 Å². The largest absolute Gasteiger partial charge is 0.358 e. The summed E-state index contributed by atoms with van der Waals surface area (Å²) in [4.78, 5) is 35.8. The third-order valence-corrected chi connectivity index (χ3v) is 7.58. The maximum atomic E-state index is 13.2. The minimum atomic E-state index is 0.113. The molecule has 1 aromatic carbocycles. The highest BCUT2D eigenvalue weighted by molar-refractivity contribution is 5.99. The molecule has 3 heterocycles. The van der Waals surface area contributed by atoms with Crippen LogP contribution >= 0.6 is 0 Å². The van der Waals surface area contributed by atoms with Gasteiger partial charge in [-0.05, 0) is 67.7 Å². The summed E-state index contributed by atoms with van der Waals surface area (Å²) in [6, 6.07) is 6.12. The lowest BCUT2D eigenvalue weighted by atomic mass is 9.92. The Labute approximate surface area is 190 Å². The number of fused-ring (bicyclic) bond motifs is 3. The van der Waals surface area contributed by atoms with Crippen LogP contribution in [0.4, 0.5) is 0 Å². The first kappa shape index (κ1) is 21.5. The molecule has 0 bridgehead atoms. The molecule has 0 radical (unpaired) electrons. The van der Waals surface area contributed by atoms with E-state index in [1.165, 1.54) is 35.9 Å². The second-order valence-corrected chi connectivity index (χ2v) is 10.4. The molecule has 5 rings (SSSR count). The number of piperazine rings is 1. The molecule has 6 heteroatoms. The van der Waals surface area contributed by atoms with Crippen LogP contribution in [0.15, 0.2) is 18.2 Å². The zero-order chi connectivity index (χ0) is 22.2. The Kier molecular flexibility index (Phi) is 5.97. The first-order chi connectivity index (χ1) is 15.5. The van der Waals surface area contributed by atoms with Gasteiger partial charge in [0, 0.05) is 61.4 Å². The second kappa shape index (κ2) is 8.89. The van der Waals surface area contributed by atoms with Crippen LogP contribution in [0.25, 0.3) is 10.9 Å². The molecule has 2 aromatic rings. The van der Waals surface area contributed by atoms with Crippen LogP contribution in [0.2, 0.25) is 0 Å². The third kappa shape index (κ3) is 4.29. The highest BCUT2D eigenvalue weighted by Gasteiger charge is 2.29. The number of aromatic amines is 1. The van der Waals surface area contributed by atoms with Gasteiger partial charge >= 0.3 is 0 Å². The van der Waals surface area contributed by atoms with Gasteiger partial charge in [0.25, 0.3) is 5.91 Å². The minimum absolute atomic E-state index is 0.113. The van der Waals surface area contributed by atoms with E-state index >= 15 is 0 Å². The van der Waals surface area contributed by atoms with Crippen molar-refractivity contribution in [3.05, 3.63) is 35.0 Å². The molecule has 6 nitrogen and oxygen atoms in total. The molecule has 2 fully saturated rings. The Balaban J connectivity index is 1.19. The number of nitrogens with one attached hydrogen (secondary N) is 1. The average molecular weight is 437 g/mol. The Morgan fingerprint density at radius 1 is 0.969 bits per heavy atom. The number of aryl methyl sites for hydroxylation is 2. The lowest BCUT2D eigenvalue weighted by molar-refractivity contribution is -0.135. The van der Waals surface area contributed by atoms with Crippen molar-refractivity contribution in [2.24, 2.45) is 11.8 Å². The van der Waals surface area contributed by atoms with Crippen LogP contribution < -0.4 is 0 Å². The summed E-state index contributed by atoms with van der Waals surface area (Å²) in [6.07, 6.45) is 5.90. The van der Waals surface area contributed by atoms with E-state index in [1.807, 2.05) is 15.9 Å². The van der Waals surface area contributed by atoms with E-state index in [2.05, 4.69) is 35.9 Å². The van der Waals surface area contributed by atoms with Crippen molar-refractivity contribution in [1.82, 2.24) is 19.7 Å².